The van der Waals surface area contributed by atoms with Crippen LogP contribution >= 0.6 is 24.0 Å². The highest BCUT2D eigenvalue weighted by atomic mass is 127. The summed E-state index contributed by atoms with van der Waals surface area (Å²) in [5.41, 5.74) is 2.66. The van der Waals surface area contributed by atoms with Gasteiger partial charge in [-0.3, -0.25) is 9.80 Å². The molecule has 4 rings (SSSR count). The molecular formula is C24H40IN5O. The molecule has 0 spiro atoms. The highest BCUT2D eigenvalue weighted by molar-refractivity contribution is 14.0. The highest BCUT2D eigenvalue weighted by Gasteiger charge is 2.32. The van der Waals surface area contributed by atoms with Crippen LogP contribution in [0.4, 0.5) is 0 Å². The van der Waals surface area contributed by atoms with Crippen LogP contribution in [0.5, 0.6) is 0 Å². The van der Waals surface area contributed by atoms with E-state index in [1.807, 2.05) is 0 Å². The molecule has 0 bridgehead atoms. The van der Waals surface area contributed by atoms with Crippen LogP contribution < -0.4 is 10.6 Å². The Morgan fingerprint density at radius 2 is 1.81 bits per heavy atom. The van der Waals surface area contributed by atoms with Crippen LogP contribution in [-0.4, -0.2) is 73.8 Å². The first-order chi connectivity index (χ1) is 14.8. The molecular weight excluding hydrogens is 501 g/mol. The number of hydrogen-bond donors (Lipinski definition) is 2. The Bertz CT molecular complexity index is 677. The van der Waals surface area contributed by atoms with Gasteiger partial charge >= 0.3 is 0 Å². The Morgan fingerprint density at radius 3 is 2.58 bits per heavy atom. The number of morpholine rings is 1. The van der Waals surface area contributed by atoms with Crippen molar-refractivity contribution in [1.29, 1.82) is 0 Å². The summed E-state index contributed by atoms with van der Waals surface area (Å²) < 4.78 is 6.07. The van der Waals surface area contributed by atoms with Crippen LogP contribution in [0.15, 0.2) is 29.3 Å². The maximum atomic E-state index is 6.07. The van der Waals surface area contributed by atoms with E-state index < -0.39 is 0 Å². The number of rotatable bonds is 7. The second-order valence-electron chi connectivity index (χ2n) is 8.98. The van der Waals surface area contributed by atoms with Gasteiger partial charge in [0.05, 0.1) is 19.3 Å². The van der Waals surface area contributed by atoms with E-state index in [-0.39, 0.29) is 30.1 Å². The molecule has 0 aliphatic carbocycles. The van der Waals surface area contributed by atoms with E-state index in [0.29, 0.717) is 12.6 Å². The van der Waals surface area contributed by atoms with Crippen molar-refractivity contribution in [3.63, 3.8) is 0 Å². The first kappa shape index (κ1) is 24.7. The topological polar surface area (TPSA) is 52.1 Å². The number of likely N-dealkylation sites (tertiary alicyclic amines) is 1. The first-order valence-electron chi connectivity index (χ1n) is 12.0. The number of guanidine groups is 1. The van der Waals surface area contributed by atoms with Crippen molar-refractivity contribution >= 4 is 29.9 Å². The summed E-state index contributed by atoms with van der Waals surface area (Å²) in [6, 6.07) is 9.64. The summed E-state index contributed by atoms with van der Waals surface area (Å²) in [7, 11) is 0. The van der Waals surface area contributed by atoms with Crippen molar-refractivity contribution in [3.8, 4) is 0 Å². The van der Waals surface area contributed by atoms with Crippen LogP contribution in [0.25, 0.3) is 0 Å². The maximum Gasteiger partial charge on any atom is 0.191 e. The molecule has 0 radical (unpaired) electrons. The van der Waals surface area contributed by atoms with Crippen LogP contribution in [0.1, 0.15) is 50.2 Å². The van der Waals surface area contributed by atoms with Crippen molar-refractivity contribution in [2.45, 2.75) is 64.3 Å². The standard InChI is InChI=1S/C24H39N5O.HI/c1-2-25-24(27-16-23-18-29-14-6-7-22(29)19-30-23)26-15-20-8-10-21(11-9-20)17-28-12-4-3-5-13-28;/h8-11,22-23H,2-7,12-19H2,1H3,(H2,25,26,27);1H. The van der Waals surface area contributed by atoms with Gasteiger partial charge in [-0.1, -0.05) is 30.7 Å². The van der Waals surface area contributed by atoms with Crippen LogP contribution in [0, 0.1) is 0 Å². The van der Waals surface area contributed by atoms with Crippen molar-refractivity contribution < 1.29 is 4.74 Å². The van der Waals surface area contributed by atoms with Gasteiger partial charge in [0.2, 0.25) is 0 Å². The molecule has 6 nitrogen and oxygen atoms in total. The van der Waals surface area contributed by atoms with E-state index in [1.54, 1.807) is 0 Å². The molecule has 3 heterocycles. The third-order valence-corrected chi connectivity index (χ3v) is 6.60. The van der Waals surface area contributed by atoms with Crippen molar-refractivity contribution in [2.75, 3.05) is 45.9 Å². The van der Waals surface area contributed by atoms with Gasteiger partial charge < -0.3 is 15.4 Å². The molecule has 0 amide bonds. The summed E-state index contributed by atoms with van der Waals surface area (Å²) in [4.78, 5) is 9.95. The zero-order valence-electron chi connectivity index (χ0n) is 19.0. The Hall–Kier alpha value is -0.900. The molecule has 3 aliphatic rings. The van der Waals surface area contributed by atoms with Crippen LogP contribution in [0.2, 0.25) is 0 Å². The van der Waals surface area contributed by atoms with E-state index in [9.17, 15) is 0 Å². The second-order valence-corrected chi connectivity index (χ2v) is 8.98. The number of aliphatic imine (C=N–C) groups is 1. The van der Waals surface area contributed by atoms with Crippen LogP contribution in [-0.2, 0) is 17.8 Å². The highest BCUT2D eigenvalue weighted by Crippen LogP contribution is 2.22. The molecule has 3 aliphatic heterocycles. The number of hydrogen-bond acceptors (Lipinski definition) is 4. The minimum absolute atomic E-state index is 0. The van der Waals surface area contributed by atoms with Gasteiger partial charge in [0.1, 0.15) is 0 Å². The summed E-state index contributed by atoms with van der Waals surface area (Å²) in [6.07, 6.45) is 6.93. The number of halogens is 1. The monoisotopic (exact) mass is 541 g/mol. The quantitative estimate of drug-likeness (QED) is 0.316. The lowest BCUT2D eigenvalue weighted by Crippen LogP contribution is -2.51. The maximum absolute atomic E-state index is 6.07. The van der Waals surface area contributed by atoms with E-state index in [4.69, 9.17) is 9.73 Å². The number of nitrogens with one attached hydrogen (secondary N) is 2. The van der Waals surface area contributed by atoms with Crippen molar-refractivity contribution in [3.05, 3.63) is 35.4 Å². The minimum Gasteiger partial charge on any atom is -0.373 e. The van der Waals surface area contributed by atoms with Crippen LogP contribution in [0.3, 0.4) is 0 Å². The molecule has 3 saturated heterocycles. The molecule has 7 heteroatoms. The summed E-state index contributed by atoms with van der Waals surface area (Å²) in [5, 5.41) is 6.85. The van der Waals surface area contributed by atoms with Gasteiger partial charge in [0, 0.05) is 32.2 Å². The predicted molar refractivity (Wildman–Crippen MR) is 138 cm³/mol. The van der Waals surface area contributed by atoms with Gasteiger partial charge in [0.15, 0.2) is 5.96 Å². The summed E-state index contributed by atoms with van der Waals surface area (Å²) in [5.74, 6) is 0.877. The Kier molecular flexibility index (Phi) is 10.3. The Morgan fingerprint density at radius 1 is 1.03 bits per heavy atom. The normalized spacial score (nSPS) is 25.0. The number of nitrogens with zero attached hydrogens (tertiary/aromatic N) is 3. The fourth-order valence-corrected chi connectivity index (χ4v) is 4.86. The van der Waals surface area contributed by atoms with E-state index >= 15 is 0 Å². The van der Waals surface area contributed by atoms with Gasteiger partial charge in [0.25, 0.3) is 0 Å². The van der Waals surface area contributed by atoms with E-state index in [2.05, 4.69) is 51.6 Å². The molecule has 0 aromatic heterocycles. The zero-order chi connectivity index (χ0) is 20.6. The Balaban J connectivity index is 0.00000272. The summed E-state index contributed by atoms with van der Waals surface area (Å²) in [6.45, 7) is 11.2. The number of ether oxygens (including phenoxy) is 1. The zero-order valence-corrected chi connectivity index (χ0v) is 21.4. The molecule has 1 aromatic rings. The average molecular weight is 542 g/mol. The molecule has 174 valence electrons. The molecule has 31 heavy (non-hydrogen) atoms. The third-order valence-electron chi connectivity index (χ3n) is 6.60. The predicted octanol–water partition coefficient (Wildman–Crippen LogP) is 3.21. The van der Waals surface area contributed by atoms with E-state index in [1.165, 1.54) is 62.9 Å². The Labute approximate surface area is 205 Å². The first-order valence-corrected chi connectivity index (χ1v) is 12.0. The lowest BCUT2D eigenvalue weighted by molar-refractivity contribution is -0.0453. The molecule has 2 N–H and O–H groups in total. The number of piperidine rings is 1. The summed E-state index contributed by atoms with van der Waals surface area (Å²) >= 11 is 0. The fraction of sp³-hybridized carbons (Fsp3) is 0.708. The fourth-order valence-electron chi connectivity index (χ4n) is 4.86. The smallest absolute Gasteiger partial charge is 0.191 e. The largest absolute Gasteiger partial charge is 0.373 e. The van der Waals surface area contributed by atoms with Gasteiger partial charge in [-0.2, -0.15) is 0 Å². The van der Waals surface area contributed by atoms with Crippen molar-refractivity contribution in [2.24, 2.45) is 4.99 Å². The van der Waals surface area contributed by atoms with Gasteiger partial charge in [-0.15, -0.1) is 24.0 Å². The lowest BCUT2D eigenvalue weighted by Gasteiger charge is -2.35. The molecule has 1 aromatic carbocycles. The van der Waals surface area contributed by atoms with Gasteiger partial charge in [-0.05, 0) is 63.4 Å². The molecule has 0 saturated carbocycles. The average Bonchev–Trinajstić information content (AvgIpc) is 3.25. The molecule has 3 fully saturated rings. The van der Waals surface area contributed by atoms with Crippen molar-refractivity contribution in [1.82, 2.24) is 20.4 Å². The number of fused-ring (bicyclic) bond motifs is 1. The number of benzene rings is 1. The van der Waals surface area contributed by atoms with Gasteiger partial charge in [-0.25, -0.2) is 4.99 Å². The molecule has 2 atom stereocenters. The minimum atomic E-state index is 0. The SMILES string of the molecule is CCNC(=NCc1ccc(CN2CCCCC2)cc1)NCC1CN2CCCC2CO1.I. The lowest BCUT2D eigenvalue weighted by atomic mass is 10.1. The third kappa shape index (κ3) is 7.58. The van der Waals surface area contributed by atoms with E-state index in [0.717, 1.165) is 38.7 Å². The second kappa shape index (κ2) is 13.0. The molecule has 2 unspecified atom stereocenters.